The van der Waals surface area contributed by atoms with Crippen molar-refractivity contribution >= 4 is 34.2 Å². The Hall–Kier alpha value is -3.83. The minimum Gasteiger partial charge on any atom is -0.369 e. The lowest BCUT2D eigenvalue weighted by Gasteiger charge is -2.23. The van der Waals surface area contributed by atoms with Crippen LogP contribution in [-0.4, -0.2) is 44.6 Å². The number of H-pyrrole nitrogens is 2. The molecule has 31 heavy (non-hydrogen) atoms. The summed E-state index contributed by atoms with van der Waals surface area (Å²) < 4.78 is 20.0. The number of hydrogen-bond donors (Lipinski definition) is 5. The molecule has 10 nitrogen and oxygen atoms in total. The van der Waals surface area contributed by atoms with Gasteiger partial charge in [0.25, 0.3) is 0 Å². The third-order valence-corrected chi connectivity index (χ3v) is 4.82. The van der Waals surface area contributed by atoms with Crippen molar-refractivity contribution in [2.45, 2.75) is 6.10 Å². The van der Waals surface area contributed by atoms with Gasteiger partial charge in [0.2, 0.25) is 5.95 Å². The van der Waals surface area contributed by atoms with Gasteiger partial charge in [-0.2, -0.15) is 4.98 Å². The fourth-order valence-electron chi connectivity index (χ4n) is 3.32. The van der Waals surface area contributed by atoms with E-state index in [1.165, 1.54) is 0 Å². The molecule has 1 aliphatic heterocycles. The van der Waals surface area contributed by atoms with Crippen LogP contribution in [0.4, 0.5) is 27.5 Å². The van der Waals surface area contributed by atoms with Crippen LogP contribution in [0.1, 0.15) is 11.8 Å². The maximum absolute atomic E-state index is 14.3. The lowest BCUT2D eigenvalue weighted by atomic mass is 10.2. The second-order valence-corrected chi connectivity index (χ2v) is 7.01. The summed E-state index contributed by atoms with van der Waals surface area (Å²) >= 11 is 0. The molecule has 1 aliphatic rings. The van der Waals surface area contributed by atoms with Gasteiger partial charge in [-0.15, -0.1) is 0 Å². The van der Waals surface area contributed by atoms with Crippen molar-refractivity contribution in [3.05, 3.63) is 64.7 Å². The molecule has 1 fully saturated rings. The summed E-state index contributed by atoms with van der Waals surface area (Å²) in [6.45, 7) is 2.21. The summed E-state index contributed by atoms with van der Waals surface area (Å²) in [7, 11) is 0. The van der Waals surface area contributed by atoms with Gasteiger partial charge in [-0.25, -0.2) is 14.2 Å². The van der Waals surface area contributed by atoms with E-state index < -0.39 is 5.82 Å². The topological polar surface area (TPSA) is 133 Å². The van der Waals surface area contributed by atoms with Crippen molar-refractivity contribution < 1.29 is 9.13 Å². The second-order valence-electron chi connectivity index (χ2n) is 7.01. The monoisotopic (exact) mass is 422 g/mol. The molecule has 1 aromatic carbocycles. The molecule has 11 heteroatoms. The van der Waals surface area contributed by atoms with Gasteiger partial charge in [0.05, 0.1) is 41.4 Å². The number of rotatable bonds is 5. The summed E-state index contributed by atoms with van der Waals surface area (Å²) in [5, 5.41) is 9.20. The van der Waals surface area contributed by atoms with E-state index in [1.54, 1.807) is 24.4 Å². The highest BCUT2D eigenvalue weighted by molar-refractivity contribution is 5.79. The van der Waals surface area contributed by atoms with E-state index in [9.17, 15) is 9.18 Å². The zero-order chi connectivity index (χ0) is 21.2. The van der Waals surface area contributed by atoms with Crippen molar-refractivity contribution in [3.63, 3.8) is 0 Å². The van der Waals surface area contributed by atoms with Crippen molar-refractivity contribution in [1.29, 1.82) is 0 Å². The highest BCUT2D eigenvalue weighted by Crippen LogP contribution is 2.23. The van der Waals surface area contributed by atoms with Crippen LogP contribution in [0, 0.1) is 5.82 Å². The van der Waals surface area contributed by atoms with Crippen LogP contribution < -0.4 is 21.6 Å². The Morgan fingerprint density at radius 3 is 2.71 bits per heavy atom. The van der Waals surface area contributed by atoms with E-state index in [0.717, 1.165) is 25.0 Å². The molecule has 0 aliphatic carbocycles. The van der Waals surface area contributed by atoms with Gasteiger partial charge in [0.15, 0.2) is 11.6 Å². The Bertz CT molecular complexity index is 1260. The molecular weight excluding hydrogens is 403 g/mol. The van der Waals surface area contributed by atoms with Gasteiger partial charge >= 0.3 is 5.69 Å². The van der Waals surface area contributed by atoms with E-state index in [-0.39, 0.29) is 23.6 Å². The Morgan fingerprint density at radius 2 is 1.90 bits per heavy atom. The molecule has 158 valence electrons. The number of aromatic amines is 2. The van der Waals surface area contributed by atoms with Gasteiger partial charge < -0.3 is 30.7 Å². The molecule has 0 radical (unpaired) electrons. The number of halogens is 1. The normalized spacial score (nSPS) is 16.4. The number of pyridine rings is 1. The molecule has 0 bridgehead atoms. The van der Waals surface area contributed by atoms with Crippen LogP contribution in [0.2, 0.25) is 0 Å². The van der Waals surface area contributed by atoms with Crippen LogP contribution in [-0.2, 0) is 4.74 Å². The number of imidazole rings is 1. The van der Waals surface area contributed by atoms with E-state index in [2.05, 4.69) is 40.9 Å². The summed E-state index contributed by atoms with van der Waals surface area (Å²) in [6, 6.07) is 8.83. The summed E-state index contributed by atoms with van der Waals surface area (Å²) in [5.74, 6) is -0.394. The maximum Gasteiger partial charge on any atom is 0.323 e. The van der Waals surface area contributed by atoms with Crippen molar-refractivity contribution in [2.75, 3.05) is 30.3 Å². The van der Waals surface area contributed by atoms with Crippen molar-refractivity contribution in [1.82, 2.24) is 30.2 Å². The second kappa shape index (κ2) is 8.13. The third-order valence-electron chi connectivity index (χ3n) is 4.82. The van der Waals surface area contributed by atoms with Gasteiger partial charge in [-0.05, 0) is 30.3 Å². The SMILES string of the molecule is O=c1[nH]c2ccc(Nc3nc(Nc4ccc(C5CNCCO5)nc4)ncc3F)cc2[nH]1. The average molecular weight is 422 g/mol. The average Bonchev–Trinajstić information content (AvgIpc) is 3.16. The minimum atomic E-state index is -0.608. The highest BCUT2D eigenvalue weighted by atomic mass is 19.1. The van der Waals surface area contributed by atoms with Gasteiger partial charge in [-0.1, -0.05) is 0 Å². The molecule has 5 rings (SSSR count). The van der Waals surface area contributed by atoms with Crippen LogP contribution in [0.3, 0.4) is 0 Å². The van der Waals surface area contributed by atoms with Gasteiger partial charge in [0, 0.05) is 18.8 Å². The van der Waals surface area contributed by atoms with E-state index in [4.69, 9.17) is 4.74 Å². The van der Waals surface area contributed by atoms with Gasteiger partial charge in [-0.3, -0.25) is 4.98 Å². The van der Waals surface area contributed by atoms with Crippen LogP contribution in [0.25, 0.3) is 11.0 Å². The van der Waals surface area contributed by atoms with Crippen LogP contribution in [0.15, 0.2) is 47.5 Å². The number of ether oxygens (including phenoxy) is 1. The Balaban J connectivity index is 1.32. The Kier molecular flexibility index (Phi) is 5.02. The fraction of sp³-hybridized carbons (Fsp3) is 0.200. The zero-order valence-corrected chi connectivity index (χ0v) is 16.3. The quantitative estimate of drug-likeness (QED) is 0.331. The van der Waals surface area contributed by atoms with Crippen LogP contribution in [0.5, 0.6) is 0 Å². The van der Waals surface area contributed by atoms with Crippen LogP contribution >= 0.6 is 0 Å². The van der Waals surface area contributed by atoms with Crippen molar-refractivity contribution in [2.24, 2.45) is 0 Å². The molecule has 0 spiro atoms. The highest BCUT2D eigenvalue weighted by Gasteiger charge is 2.17. The van der Waals surface area contributed by atoms with Gasteiger partial charge in [0.1, 0.15) is 6.10 Å². The molecule has 1 unspecified atom stereocenters. The summed E-state index contributed by atoms with van der Waals surface area (Å²) in [6.07, 6.45) is 2.66. The molecule has 5 N–H and O–H groups in total. The van der Waals surface area contributed by atoms with E-state index >= 15 is 0 Å². The summed E-state index contributed by atoms with van der Waals surface area (Å²) in [4.78, 5) is 29.4. The number of morpholine rings is 1. The van der Waals surface area contributed by atoms with Crippen molar-refractivity contribution in [3.8, 4) is 0 Å². The first-order valence-electron chi connectivity index (χ1n) is 9.71. The number of nitrogens with one attached hydrogen (secondary N) is 5. The standard InChI is InChI=1S/C20H19FN8O2/c21-13-9-24-19(26-12-2-4-15(23-8-12)17-10-22-5-6-31-17)29-18(13)25-11-1-3-14-16(7-11)28-20(30)27-14/h1-4,7-9,17,22H,5-6,10H2,(H2,27,28,30)(H2,24,25,26,29). The van der Waals surface area contributed by atoms with E-state index in [1.807, 2.05) is 12.1 Å². The smallest absolute Gasteiger partial charge is 0.323 e. The first-order chi connectivity index (χ1) is 15.1. The minimum absolute atomic E-state index is 0.000919. The number of nitrogens with zero attached hydrogens (tertiary/aromatic N) is 3. The maximum atomic E-state index is 14.3. The third kappa shape index (κ3) is 4.22. The number of aromatic nitrogens is 5. The predicted molar refractivity (Wildman–Crippen MR) is 113 cm³/mol. The number of benzene rings is 1. The zero-order valence-electron chi connectivity index (χ0n) is 16.3. The number of fused-ring (bicyclic) bond motifs is 1. The lowest BCUT2D eigenvalue weighted by Crippen LogP contribution is -2.33. The molecule has 0 amide bonds. The lowest BCUT2D eigenvalue weighted by molar-refractivity contribution is 0.0250. The Morgan fingerprint density at radius 1 is 1.03 bits per heavy atom. The molecule has 0 saturated carbocycles. The molecule has 1 atom stereocenters. The molecule has 1 saturated heterocycles. The molecule has 4 heterocycles. The number of anilines is 4. The first-order valence-corrected chi connectivity index (χ1v) is 9.71. The Labute approximate surface area is 175 Å². The molecule has 4 aromatic rings. The number of hydrogen-bond acceptors (Lipinski definition) is 8. The van der Waals surface area contributed by atoms with E-state index in [0.29, 0.717) is 29.0 Å². The fourth-order valence-corrected chi connectivity index (χ4v) is 3.32. The predicted octanol–water partition coefficient (Wildman–Crippen LogP) is 2.33. The largest absolute Gasteiger partial charge is 0.369 e. The summed E-state index contributed by atoms with van der Waals surface area (Å²) in [5.41, 5.74) is 3.02. The first kappa shape index (κ1) is 19.2. The molecule has 3 aromatic heterocycles. The molecular formula is C20H19FN8O2.